The zero-order valence-corrected chi connectivity index (χ0v) is 10.8. The van der Waals surface area contributed by atoms with E-state index in [-0.39, 0.29) is 0 Å². The number of halogens is 13. The maximum Gasteiger partial charge on any atom is 0.673 e. The Hall–Kier alpha value is -1.14. The van der Waals surface area contributed by atoms with Crippen LogP contribution in [0.3, 0.4) is 0 Å². The first-order chi connectivity index (χ1) is 9.39. The Balaban J connectivity index is -0.000000223. The van der Waals surface area contributed by atoms with Gasteiger partial charge in [0.2, 0.25) is 0 Å². The monoisotopic (exact) mass is 373 g/mol. The number of benzene rings is 1. The molecule has 0 bridgehead atoms. The first-order valence-corrected chi connectivity index (χ1v) is 5.10. The molecule has 22 heavy (non-hydrogen) atoms. The van der Waals surface area contributed by atoms with Gasteiger partial charge < -0.3 is 51.8 Å². The molecule has 0 atom stereocenters. The summed E-state index contributed by atoms with van der Waals surface area (Å²) in [6, 6.07) is 9.44. The lowest BCUT2D eigenvalue weighted by atomic mass is 10.3. The molecule has 132 valence electrons. The van der Waals surface area contributed by atoms with E-state index in [2.05, 4.69) is 0 Å². The van der Waals surface area contributed by atoms with Gasteiger partial charge in [-0.25, -0.2) is 0 Å². The van der Waals surface area contributed by atoms with Crippen molar-refractivity contribution in [3.63, 3.8) is 0 Å². The molecule has 0 amide bonds. The second-order valence-corrected chi connectivity index (χ2v) is 3.22. The van der Waals surface area contributed by atoms with E-state index in [1.165, 1.54) is 0 Å². The van der Waals surface area contributed by atoms with Crippen molar-refractivity contribution in [3.8, 4) is 0 Å². The molecule has 1 rings (SSSR count). The summed E-state index contributed by atoms with van der Waals surface area (Å²) in [5, 5.41) is 0.794. The molecule has 0 saturated carbocycles. The molecule has 0 saturated heterocycles. The topological polar surface area (TPSA) is 0 Å². The summed E-state index contributed by atoms with van der Waals surface area (Å²) in [6.07, 6.45) is 0. The van der Waals surface area contributed by atoms with E-state index in [0.29, 0.717) is 0 Å². The second kappa shape index (κ2) is 11.4. The Morgan fingerprint density at radius 1 is 0.500 bits per heavy atom. The largest absolute Gasteiger partial charge is 0.673 e. The van der Waals surface area contributed by atoms with E-state index in [4.69, 9.17) is 11.6 Å². The molecule has 0 radical (unpaired) electrons. The zero-order valence-electron chi connectivity index (χ0n) is 10.0. The summed E-state index contributed by atoms with van der Waals surface area (Å²) in [5.74, 6) is 0. The van der Waals surface area contributed by atoms with Crippen LogP contribution in [-0.4, -0.2) is 21.8 Å². The van der Waals surface area contributed by atoms with Crippen LogP contribution in [-0.2, 0) is 0 Å². The minimum Gasteiger partial charge on any atom is -0.418 e. The van der Waals surface area contributed by atoms with Gasteiger partial charge in [-0.05, 0) is 12.1 Å². The fourth-order valence-electron chi connectivity index (χ4n) is 0.415. The second-order valence-electron chi connectivity index (χ2n) is 2.78. The number of hydrogen-bond donors (Lipinski definition) is 0. The molecule has 0 aromatic heterocycles. The summed E-state index contributed by atoms with van der Waals surface area (Å²) in [6.45, 7) is 0. The van der Waals surface area contributed by atoms with Crippen LogP contribution >= 0.6 is 11.6 Å². The Labute approximate surface area is 121 Å². The lowest BCUT2D eigenvalue weighted by Crippen LogP contribution is -2.02. The van der Waals surface area contributed by atoms with Gasteiger partial charge in [-0.3, -0.25) is 0 Å². The predicted octanol–water partition coefficient (Wildman–Crippen LogP) is 6.24. The number of rotatable bonds is 0. The molecule has 0 unspecified atom stereocenters. The number of hydrogen-bond acceptors (Lipinski definition) is 0. The summed E-state index contributed by atoms with van der Waals surface area (Å²) < 4.78 is 117. The summed E-state index contributed by atoms with van der Waals surface area (Å²) in [4.78, 5) is 0. The van der Waals surface area contributed by atoms with Crippen molar-refractivity contribution in [2.75, 3.05) is 0 Å². The van der Waals surface area contributed by atoms with Crippen LogP contribution in [0.15, 0.2) is 30.3 Å². The Kier molecular flexibility index (Phi) is 13.4. The fraction of sp³-hybridized carbons (Fsp3) is 0. The fourth-order valence-corrected chi connectivity index (χ4v) is 0.560. The van der Waals surface area contributed by atoms with Crippen molar-refractivity contribution in [3.05, 3.63) is 35.4 Å². The van der Waals surface area contributed by atoms with Gasteiger partial charge in [-0.15, -0.1) is 0 Å². The van der Waals surface area contributed by atoms with Crippen LogP contribution in [0, 0.1) is 0 Å². The molecule has 0 aliphatic heterocycles. The SMILES string of the molecule is Clc1ccccc1.F[B-](F)(F)F.F[B-](F)(F)F.F[B-](F)(F)F. The van der Waals surface area contributed by atoms with Crippen molar-refractivity contribution in [1.82, 2.24) is 0 Å². The van der Waals surface area contributed by atoms with E-state index in [9.17, 15) is 51.8 Å². The van der Waals surface area contributed by atoms with Gasteiger partial charge in [0.25, 0.3) is 0 Å². The van der Waals surface area contributed by atoms with Crippen LogP contribution in [0.5, 0.6) is 0 Å². The van der Waals surface area contributed by atoms with E-state index in [1.807, 2.05) is 30.3 Å². The van der Waals surface area contributed by atoms with E-state index in [0.717, 1.165) is 5.02 Å². The van der Waals surface area contributed by atoms with E-state index in [1.54, 1.807) is 0 Å². The average Bonchev–Trinajstić information content (AvgIpc) is 2.09. The van der Waals surface area contributed by atoms with Crippen LogP contribution < -0.4 is 0 Å². The third-order valence-electron chi connectivity index (χ3n) is 0.733. The van der Waals surface area contributed by atoms with Gasteiger partial charge in [0.1, 0.15) is 0 Å². The van der Waals surface area contributed by atoms with E-state index >= 15 is 0 Å². The van der Waals surface area contributed by atoms with Crippen molar-refractivity contribution >= 4 is 33.4 Å². The average molecular weight is 373 g/mol. The molecule has 0 aliphatic carbocycles. The Morgan fingerprint density at radius 3 is 0.773 bits per heavy atom. The molecular weight excluding hydrogens is 368 g/mol. The highest BCUT2D eigenvalue weighted by molar-refractivity contribution is 6.50. The highest BCUT2D eigenvalue weighted by Gasteiger charge is 2.21. The summed E-state index contributed by atoms with van der Waals surface area (Å²) in [5.41, 5.74) is 0. The van der Waals surface area contributed by atoms with Gasteiger partial charge in [-0.2, -0.15) is 0 Å². The van der Waals surface area contributed by atoms with Gasteiger partial charge in [0, 0.05) is 5.02 Å². The lowest BCUT2D eigenvalue weighted by Gasteiger charge is -1.94. The van der Waals surface area contributed by atoms with Crippen molar-refractivity contribution in [1.29, 1.82) is 0 Å². The van der Waals surface area contributed by atoms with E-state index < -0.39 is 21.8 Å². The highest BCUT2D eigenvalue weighted by atomic mass is 35.5. The van der Waals surface area contributed by atoms with Crippen molar-refractivity contribution < 1.29 is 51.8 Å². The lowest BCUT2D eigenvalue weighted by molar-refractivity contribution is 0.366. The van der Waals surface area contributed by atoms with Crippen LogP contribution in [0.1, 0.15) is 0 Å². The third-order valence-corrected chi connectivity index (χ3v) is 0.985. The maximum absolute atomic E-state index is 9.75. The smallest absolute Gasteiger partial charge is 0.418 e. The summed E-state index contributed by atoms with van der Waals surface area (Å²) in [7, 11) is -18.0. The first kappa shape index (κ1) is 25.8. The minimum atomic E-state index is -6.00. The standard InChI is InChI=1S/C6H5Cl.3BF4/c7-6-4-2-1-3-5-6;3*2-1(3,4)5/h1-5H;;;/q;3*-1. The Bertz CT molecular complexity index is 313. The first-order valence-electron chi connectivity index (χ1n) is 4.72. The molecular formula is C6H5B3ClF12-3. The molecule has 0 heterocycles. The van der Waals surface area contributed by atoms with Crippen molar-refractivity contribution in [2.24, 2.45) is 0 Å². The Morgan fingerprint density at radius 2 is 0.682 bits per heavy atom. The maximum atomic E-state index is 9.75. The van der Waals surface area contributed by atoms with Crippen molar-refractivity contribution in [2.45, 2.75) is 0 Å². The molecule has 0 N–H and O–H groups in total. The molecule has 0 aliphatic rings. The quantitative estimate of drug-likeness (QED) is 0.373. The van der Waals surface area contributed by atoms with Gasteiger partial charge in [0.15, 0.2) is 0 Å². The molecule has 1 aromatic carbocycles. The normalized spacial score (nSPS) is 11.0. The molecule has 0 spiro atoms. The van der Waals surface area contributed by atoms with Crippen LogP contribution in [0.25, 0.3) is 0 Å². The molecule has 16 heteroatoms. The third kappa shape index (κ3) is 128. The molecule has 1 aromatic rings. The van der Waals surface area contributed by atoms with Gasteiger partial charge in [-0.1, -0.05) is 29.8 Å². The van der Waals surface area contributed by atoms with Crippen LogP contribution in [0.4, 0.5) is 51.8 Å². The van der Waals surface area contributed by atoms with Gasteiger partial charge >= 0.3 is 21.8 Å². The molecule has 0 nitrogen and oxygen atoms in total. The van der Waals surface area contributed by atoms with Crippen LogP contribution in [0.2, 0.25) is 5.02 Å². The summed E-state index contributed by atoms with van der Waals surface area (Å²) >= 11 is 5.54. The minimum absolute atomic E-state index is 0.794. The zero-order chi connectivity index (χ0) is 18.6. The molecule has 0 fully saturated rings. The van der Waals surface area contributed by atoms with Gasteiger partial charge in [0.05, 0.1) is 0 Å². The highest BCUT2D eigenvalue weighted by Crippen LogP contribution is 2.07. The predicted molar refractivity (Wildman–Crippen MR) is 62.0 cm³/mol.